The molecule has 0 aliphatic carbocycles. The fourth-order valence-electron chi connectivity index (χ4n) is 2.04. The van der Waals surface area contributed by atoms with Crippen LogP contribution in [0.2, 0.25) is 0 Å². The molecule has 24 heavy (non-hydrogen) atoms. The predicted octanol–water partition coefficient (Wildman–Crippen LogP) is 2.05. The van der Waals surface area contributed by atoms with E-state index in [4.69, 9.17) is 0 Å². The topological polar surface area (TPSA) is 132 Å². The standard InChI is InChI=1S/C14H12N8OS/c1-7-3-4-10-12(24-14(18-10)17-8(2)23)11(7)16-6-9(5-15)13-19-21-22-20-13/h3-4,6,16H,1-2H3,(H,17,18,23)(H,19,20,21,22). The second-order valence-corrected chi connectivity index (χ2v) is 5.85. The molecule has 0 aliphatic heterocycles. The van der Waals surface area contributed by atoms with Gasteiger partial charge in [-0.1, -0.05) is 17.4 Å². The van der Waals surface area contributed by atoms with Crippen LogP contribution in [0.15, 0.2) is 18.3 Å². The third kappa shape index (κ3) is 3.06. The summed E-state index contributed by atoms with van der Waals surface area (Å²) in [7, 11) is 0. The van der Waals surface area contributed by atoms with Crippen molar-refractivity contribution >= 4 is 43.9 Å². The third-order valence-electron chi connectivity index (χ3n) is 3.12. The number of nitriles is 1. The van der Waals surface area contributed by atoms with Crippen LogP contribution in [0.25, 0.3) is 15.8 Å². The Bertz CT molecular complexity index is 967. The van der Waals surface area contributed by atoms with Crippen molar-refractivity contribution in [1.29, 1.82) is 5.26 Å². The Morgan fingerprint density at radius 2 is 2.29 bits per heavy atom. The van der Waals surface area contributed by atoms with Gasteiger partial charge in [-0.25, -0.2) is 4.98 Å². The van der Waals surface area contributed by atoms with E-state index in [1.54, 1.807) is 0 Å². The quantitative estimate of drug-likeness (QED) is 0.619. The van der Waals surface area contributed by atoms with Crippen LogP contribution in [0, 0.1) is 18.3 Å². The largest absolute Gasteiger partial charge is 0.359 e. The van der Waals surface area contributed by atoms with Gasteiger partial charge in [0.25, 0.3) is 0 Å². The number of hydrogen-bond acceptors (Lipinski definition) is 8. The van der Waals surface area contributed by atoms with Crippen LogP contribution in [-0.4, -0.2) is 31.5 Å². The molecular weight excluding hydrogens is 328 g/mol. The van der Waals surface area contributed by atoms with Gasteiger partial charge < -0.3 is 10.6 Å². The second-order valence-electron chi connectivity index (χ2n) is 4.86. The molecule has 0 atom stereocenters. The van der Waals surface area contributed by atoms with E-state index in [9.17, 15) is 10.1 Å². The summed E-state index contributed by atoms with van der Waals surface area (Å²) in [5.41, 5.74) is 2.77. The number of aryl methyl sites for hydroxylation is 1. The molecule has 1 amide bonds. The number of fused-ring (bicyclic) bond motifs is 1. The number of rotatable bonds is 4. The first-order chi connectivity index (χ1) is 11.6. The molecule has 3 aromatic rings. The monoisotopic (exact) mass is 340 g/mol. The molecule has 3 rings (SSSR count). The first kappa shape index (κ1) is 15.6. The van der Waals surface area contributed by atoms with Crippen LogP contribution >= 0.6 is 11.3 Å². The highest BCUT2D eigenvalue weighted by Gasteiger charge is 2.12. The van der Waals surface area contributed by atoms with Crippen LogP contribution in [-0.2, 0) is 4.79 Å². The SMILES string of the molecule is CC(=O)Nc1nc2ccc(C)c(NC=C(C#N)c3nn[nH]n3)c2s1. The summed E-state index contributed by atoms with van der Waals surface area (Å²) in [6.07, 6.45) is 1.52. The lowest BCUT2D eigenvalue weighted by molar-refractivity contribution is -0.114. The molecule has 120 valence electrons. The summed E-state index contributed by atoms with van der Waals surface area (Å²) >= 11 is 1.36. The molecule has 2 heterocycles. The molecule has 0 spiro atoms. The molecule has 2 aromatic heterocycles. The maximum atomic E-state index is 11.2. The highest BCUT2D eigenvalue weighted by Crippen LogP contribution is 2.34. The molecule has 9 nitrogen and oxygen atoms in total. The minimum Gasteiger partial charge on any atom is -0.359 e. The lowest BCUT2D eigenvalue weighted by Crippen LogP contribution is -2.04. The number of benzene rings is 1. The normalized spacial score (nSPS) is 11.3. The van der Waals surface area contributed by atoms with Crippen molar-refractivity contribution in [3.63, 3.8) is 0 Å². The van der Waals surface area contributed by atoms with Crippen molar-refractivity contribution in [2.45, 2.75) is 13.8 Å². The van der Waals surface area contributed by atoms with Crippen molar-refractivity contribution in [3.8, 4) is 6.07 Å². The zero-order valence-electron chi connectivity index (χ0n) is 12.8. The summed E-state index contributed by atoms with van der Waals surface area (Å²) in [5.74, 6) is 0.0297. The summed E-state index contributed by atoms with van der Waals surface area (Å²) in [6.45, 7) is 3.37. The number of carbonyl (C=O) groups excluding carboxylic acids is 1. The molecule has 0 saturated carbocycles. The van der Waals surface area contributed by atoms with Crippen molar-refractivity contribution < 1.29 is 4.79 Å². The van der Waals surface area contributed by atoms with Gasteiger partial charge in [-0.2, -0.15) is 10.5 Å². The molecular formula is C14H12N8OS. The predicted molar refractivity (Wildman–Crippen MR) is 90.1 cm³/mol. The molecule has 3 N–H and O–H groups in total. The van der Waals surface area contributed by atoms with Crippen molar-refractivity contribution in [2.24, 2.45) is 0 Å². The number of hydrogen-bond donors (Lipinski definition) is 3. The van der Waals surface area contributed by atoms with E-state index in [-0.39, 0.29) is 17.3 Å². The Morgan fingerprint density at radius 3 is 2.96 bits per heavy atom. The Labute approximate surface area is 140 Å². The molecule has 0 bridgehead atoms. The number of nitrogens with one attached hydrogen (secondary N) is 3. The third-order valence-corrected chi connectivity index (χ3v) is 4.12. The number of aromatic amines is 1. The molecule has 0 fully saturated rings. The first-order valence-electron chi connectivity index (χ1n) is 6.87. The van der Waals surface area contributed by atoms with Gasteiger partial charge in [0, 0.05) is 13.1 Å². The number of tetrazole rings is 1. The maximum absolute atomic E-state index is 11.2. The number of aromatic nitrogens is 5. The van der Waals surface area contributed by atoms with Crippen molar-refractivity contribution in [3.05, 3.63) is 29.7 Å². The van der Waals surface area contributed by atoms with Gasteiger partial charge in [0.1, 0.15) is 11.6 Å². The van der Waals surface area contributed by atoms with Crippen LogP contribution in [0.3, 0.4) is 0 Å². The lowest BCUT2D eigenvalue weighted by Gasteiger charge is -2.06. The maximum Gasteiger partial charge on any atom is 0.223 e. The Morgan fingerprint density at radius 1 is 1.46 bits per heavy atom. The number of allylic oxidation sites excluding steroid dienone is 1. The minimum atomic E-state index is -0.177. The molecule has 0 aliphatic rings. The summed E-state index contributed by atoms with van der Waals surface area (Å²) in [6, 6.07) is 5.81. The average molecular weight is 340 g/mol. The molecule has 1 aromatic carbocycles. The Balaban J connectivity index is 1.99. The van der Waals surface area contributed by atoms with Gasteiger partial charge in [0.05, 0.1) is 15.9 Å². The number of thiazole rings is 1. The van der Waals surface area contributed by atoms with E-state index >= 15 is 0 Å². The van der Waals surface area contributed by atoms with Gasteiger partial charge in [-0.05, 0) is 23.8 Å². The van der Waals surface area contributed by atoms with E-state index in [0.717, 1.165) is 21.5 Å². The summed E-state index contributed by atoms with van der Waals surface area (Å²) in [5, 5.41) is 28.9. The molecule has 0 radical (unpaired) electrons. The van der Waals surface area contributed by atoms with Crippen molar-refractivity contribution in [1.82, 2.24) is 25.6 Å². The highest BCUT2D eigenvalue weighted by atomic mass is 32.1. The van der Waals surface area contributed by atoms with E-state index in [0.29, 0.717) is 5.13 Å². The number of anilines is 2. The van der Waals surface area contributed by atoms with Crippen LogP contribution in [0.4, 0.5) is 10.8 Å². The average Bonchev–Trinajstić information content (AvgIpc) is 3.18. The van der Waals surface area contributed by atoms with Gasteiger partial charge >= 0.3 is 0 Å². The van der Waals surface area contributed by atoms with Gasteiger partial charge in [0.2, 0.25) is 11.7 Å². The molecule has 10 heteroatoms. The van der Waals surface area contributed by atoms with E-state index < -0.39 is 0 Å². The molecule has 0 saturated heterocycles. The Hall–Kier alpha value is -3.32. The smallest absolute Gasteiger partial charge is 0.223 e. The number of amides is 1. The van der Waals surface area contributed by atoms with E-state index in [1.165, 1.54) is 24.5 Å². The number of nitrogens with zero attached hydrogens (tertiary/aromatic N) is 5. The zero-order chi connectivity index (χ0) is 17.1. The van der Waals surface area contributed by atoms with Gasteiger partial charge in [-0.15, -0.1) is 10.2 Å². The number of carbonyl (C=O) groups is 1. The van der Waals surface area contributed by atoms with E-state index in [2.05, 4.69) is 36.2 Å². The highest BCUT2D eigenvalue weighted by molar-refractivity contribution is 7.23. The zero-order valence-corrected chi connectivity index (χ0v) is 13.6. The van der Waals surface area contributed by atoms with Crippen LogP contribution in [0.1, 0.15) is 18.3 Å². The fourth-order valence-corrected chi connectivity index (χ4v) is 3.11. The van der Waals surface area contributed by atoms with Crippen LogP contribution < -0.4 is 10.6 Å². The van der Waals surface area contributed by atoms with Gasteiger partial charge in [-0.3, -0.25) is 4.79 Å². The summed E-state index contributed by atoms with van der Waals surface area (Å²) in [4.78, 5) is 15.6. The van der Waals surface area contributed by atoms with Crippen molar-refractivity contribution in [2.75, 3.05) is 10.6 Å². The second kappa shape index (κ2) is 6.43. The first-order valence-corrected chi connectivity index (χ1v) is 7.68. The van der Waals surface area contributed by atoms with Gasteiger partial charge in [0.15, 0.2) is 5.13 Å². The fraction of sp³-hybridized carbons (Fsp3) is 0.143. The van der Waals surface area contributed by atoms with Crippen LogP contribution in [0.5, 0.6) is 0 Å². The lowest BCUT2D eigenvalue weighted by atomic mass is 10.2. The molecule has 0 unspecified atom stereocenters. The van der Waals surface area contributed by atoms with E-state index in [1.807, 2.05) is 25.1 Å². The summed E-state index contributed by atoms with van der Waals surface area (Å²) < 4.78 is 0.875. The Kier molecular flexibility index (Phi) is 4.17. The number of H-pyrrole nitrogens is 1. The minimum absolute atomic E-state index is 0.177.